The molecule has 0 bridgehead atoms. The Kier molecular flexibility index (Phi) is 12.1. The van der Waals surface area contributed by atoms with Gasteiger partial charge in [0.05, 0.1) is 22.7 Å². The maximum Gasteiger partial charge on any atom is 0.147 e. The highest BCUT2D eigenvalue weighted by Gasteiger charge is 2.27. The van der Waals surface area contributed by atoms with Gasteiger partial charge in [-0.15, -0.1) is 0 Å². The Morgan fingerprint density at radius 1 is 0.263 bits per heavy atom. The number of benzene rings is 12. The monoisotopic (exact) mass is 988 g/mol. The average molecular weight is 989 g/mol. The van der Waals surface area contributed by atoms with Crippen LogP contribution in [0.1, 0.15) is 44.5 Å². The van der Waals surface area contributed by atoms with Gasteiger partial charge in [0.2, 0.25) is 0 Å². The van der Waals surface area contributed by atoms with Crippen molar-refractivity contribution in [2.24, 2.45) is 0 Å². The maximum absolute atomic E-state index is 17.8. The minimum absolute atomic E-state index is 0.329. The summed E-state index contributed by atoms with van der Waals surface area (Å²) < 4.78 is 35.6. The third-order valence-corrected chi connectivity index (χ3v) is 15.5. The standard InChI is InChI=1S/C72H58F2N2/c1-43-19-27-55(47(5)35-43)61-39-65(73)69(41-63(61)57-29-21-45(3)37-49(57)7)75(53-15-11-9-12-16-53)67-33-25-51-24-32-60-68(34-26-52-23-31-59(67)71(51)72(52)60)76(54-17-13-10-14-18-54)70-42-64(58-30-22-46(4)38-50(58)8)62(40-66(70)74)56-28-20-44(2)36-48(56)6/h9-42H,1-8H3. The van der Waals surface area contributed by atoms with E-state index in [9.17, 15) is 0 Å². The van der Waals surface area contributed by atoms with Crippen LogP contribution in [0.15, 0.2) is 206 Å². The van der Waals surface area contributed by atoms with Crippen LogP contribution in [0.5, 0.6) is 0 Å². The Hall–Kier alpha value is -8.86. The third-order valence-electron chi connectivity index (χ3n) is 15.5. The molecule has 0 unspecified atom stereocenters. The number of aryl methyl sites for hydroxylation is 8. The molecule has 2 nitrogen and oxygen atoms in total. The van der Waals surface area contributed by atoms with E-state index in [4.69, 9.17) is 0 Å². The van der Waals surface area contributed by atoms with E-state index < -0.39 is 0 Å². The molecule has 0 spiro atoms. The lowest BCUT2D eigenvalue weighted by Gasteiger charge is -2.30. The van der Waals surface area contributed by atoms with Gasteiger partial charge in [0.15, 0.2) is 0 Å². The zero-order valence-electron chi connectivity index (χ0n) is 44.3. The van der Waals surface area contributed by atoms with Crippen LogP contribution in [0.25, 0.3) is 76.8 Å². The molecule has 0 amide bonds. The number of halogens is 2. The molecule has 0 saturated carbocycles. The lowest BCUT2D eigenvalue weighted by Crippen LogP contribution is -2.14. The highest BCUT2D eigenvalue weighted by atomic mass is 19.1. The maximum atomic E-state index is 17.8. The van der Waals surface area contributed by atoms with Crippen molar-refractivity contribution in [2.45, 2.75) is 55.4 Å². The normalized spacial score (nSPS) is 11.6. The van der Waals surface area contributed by atoms with Crippen molar-refractivity contribution in [3.63, 3.8) is 0 Å². The molecular weight excluding hydrogens is 931 g/mol. The number of para-hydroxylation sites is 2. The van der Waals surface area contributed by atoms with Crippen molar-refractivity contribution < 1.29 is 8.78 Å². The molecule has 0 heterocycles. The Morgan fingerprint density at radius 2 is 0.566 bits per heavy atom. The summed E-state index contributed by atoms with van der Waals surface area (Å²) in [6, 6.07) is 70.9. The summed E-state index contributed by atoms with van der Waals surface area (Å²) in [5.74, 6) is -0.658. The largest absolute Gasteiger partial charge is 0.307 e. The van der Waals surface area contributed by atoms with Crippen molar-refractivity contribution in [1.82, 2.24) is 0 Å². The Bertz CT molecular complexity index is 3960. The summed E-state index contributed by atoms with van der Waals surface area (Å²) in [4.78, 5) is 4.16. The van der Waals surface area contributed by atoms with Crippen molar-refractivity contribution >= 4 is 66.4 Å². The second kappa shape index (κ2) is 19.1. The van der Waals surface area contributed by atoms with Gasteiger partial charge in [-0.05, 0) is 204 Å². The van der Waals surface area contributed by atoms with E-state index in [1.54, 1.807) is 12.1 Å². The second-order valence-electron chi connectivity index (χ2n) is 20.9. The van der Waals surface area contributed by atoms with E-state index >= 15 is 8.78 Å². The molecule has 12 aromatic rings. The van der Waals surface area contributed by atoms with Crippen LogP contribution in [0.3, 0.4) is 0 Å². The minimum Gasteiger partial charge on any atom is -0.307 e. The number of hydrogen-bond donors (Lipinski definition) is 0. The fraction of sp³-hybridized carbons (Fsp3) is 0.111. The van der Waals surface area contributed by atoms with Crippen molar-refractivity contribution in [2.75, 3.05) is 9.80 Å². The Balaban J connectivity index is 1.10. The summed E-state index contributed by atoms with van der Waals surface area (Å²) in [5.41, 5.74) is 21.0. The van der Waals surface area contributed by atoms with Gasteiger partial charge in [-0.2, -0.15) is 0 Å². The first-order valence-corrected chi connectivity index (χ1v) is 26.2. The van der Waals surface area contributed by atoms with Crippen LogP contribution < -0.4 is 9.80 Å². The highest BCUT2D eigenvalue weighted by Crippen LogP contribution is 2.51. The molecule has 370 valence electrons. The summed E-state index contributed by atoms with van der Waals surface area (Å²) in [6.45, 7) is 16.9. The molecule has 12 rings (SSSR count). The molecule has 0 fully saturated rings. The molecule has 4 heteroatoms. The van der Waals surface area contributed by atoms with Gasteiger partial charge in [0, 0.05) is 22.1 Å². The Labute approximate surface area is 445 Å². The van der Waals surface area contributed by atoms with Crippen molar-refractivity contribution in [3.8, 4) is 44.5 Å². The summed E-state index contributed by atoms with van der Waals surface area (Å²) >= 11 is 0. The predicted molar refractivity (Wildman–Crippen MR) is 319 cm³/mol. The molecule has 0 aliphatic rings. The zero-order valence-corrected chi connectivity index (χ0v) is 44.3. The average Bonchev–Trinajstić information content (AvgIpc) is 3.59. The summed E-state index contributed by atoms with van der Waals surface area (Å²) in [7, 11) is 0. The van der Waals surface area contributed by atoms with Crippen molar-refractivity contribution in [3.05, 3.63) is 262 Å². The van der Waals surface area contributed by atoms with Crippen LogP contribution >= 0.6 is 0 Å². The SMILES string of the molecule is Cc1ccc(-c2cc(F)c(N(c3ccccc3)c3ccc4ccc5c(N(c6ccccc6)c6cc(-c7ccc(C)cc7C)c(-c7ccc(C)cc7C)cc6F)ccc6ccc3c4c65)cc2-c2ccc(C)cc2C)c(C)c1. The second-order valence-corrected chi connectivity index (χ2v) is 20.9. The van der Waals surface area contributed by atoms with Gasteiger partial charge in [0.25, 0.3) is 0 Å². The first kappa shape index (κ1) is 48.1. The van der Waals surface area contributed by atoms with Crippen LogP contribution in [-0.2, 0) is 0 Å². The van der Waals surface area contributed by atoms with E-state index in [2.05, 4.69) is 223 Å². The van der Waals surface area contributed by atoms with E-state index in [1.807, 2.05) is 36.4 Å². The number of anilines is 6. The Morgan fingerprint density at radius 3 is 0.882 bits per heavy atom. The topological polar surface area (TPSA) is 6.48 Å². The zero-order chi connectivity index (χ0) is 52.5. The lowest BCUT2D eigenvalue weighted by molar-refractivity contribution is 0.629. The minimum atomic E-state index is -0.329. The molecule has 0 atom stereocenters. The van der Waals surface area contributed by atoms with Crippen molar-refractivity contribution in [1.29, 1.82) is 0 Å². The van der Waals surface area contributed by atoms with E-state index in [0.717, 1.165) is 133 Å². The van der Waals surface area contributed by atoms with E-state index in [1.165, 1.54) is 11.1 Å². The van der Waals surface area contributed by atoms with Crippen LogP contribution in [0, 0.1) is 67.0 Å². The number of nitrogens with zero attached hydrogens (tertiary/aromatic N) is 2. The molecule has 12 aromatic carbocycles. The van der Waals surface area contributed by atoms with Gasteiger partial charge in [0.1, 0.15) is 11.6 Å². The van der Waals surface area contributed by atoms with Crippen LogP contribution in [0.4, 0.5) is 42.9 Å². The molecular formula is C72H58F2N2. The number of rotatable bonds is 10. The van der Waals surface area contributed by atoms with Gasteiger partial charge in [-0.25, -0.2) is 8.78 Å². The molecule has 0 saturated heterocycles. The highest BCUT2D eigenvalue weighted by molar-refractivity contribution is 6.28. The molecule has 0 N–H and O–H groups in total. The summed E-state index contributed by atoms with van der Waals surface area (Å²) in [5, 5.41) is 6.13. The molecule has 0 aliphatic heterocycles. The summed E-state index contributed by atoms with van der Waals surface area (Å²) in [6.07, 6.45) is 0. The van der Waals surface area contributed by atoms with Gasteiger partial charge < -0.3 is 9.80 Å². The number of hydrogen-bond acceptors (Lipinski definition) is 2. The lowest BCUT2D eigenvalue weighted by atomic mass is 9.88. The smallest absolute Gasteiger partial charge is 0.147 e. The molecule has 76 heavy (non-hydrogen) atoms. The van der Waals surface area contributed by atoms with E-state index in [-0.39, 0.29) is 11.6 Å². The first-order chi connectivity index (χ1) is 36.8. The predicted octanol–water partition coefficient (Wildman–Crippen LogP) is 20.9. The fourth-order valence-corrected chi connectivity index (χ4v) is 12.0. The van der Waals surface area contributed by atoms with Gasteiger partial charge >= 0.3 is 0 Å². The molecule has 0 aromatic heterocycles. The third kappa shape index (κ3) is 8.35. The van der Waals surface area contributed by atoms with Gasteiger partial charge in [-0.1, -0.05) is 168 Å². The van der Waals surface area contributed by atoms with E-state index in [0.29, 0.717) is 11.4 Å². The van der Waals surface area contributed by atoms with Crippen LogP contribution in [-0.4, -0.2) is 0 Å². The first-order valence-electron chi connectivity index (χ1n) is 26.2. The quantitative estimate of drug-likeness (QED) is 0.126. The molecule has 0 radical (unpaired) electrons. The van der Waals surface area contributed by atoms with Gasteiger partial charge in [-0.3, -0.25) is 0 Å². The van der Waals surface area contributed by atoms with Crippen LogP contribution in [0.2, 0.25) is 0 Å². The molecule has 0 aliphatic carbocycles. The fourth-order valence-electron chi connectivity index (χ4n) is 12.0.